The second-order valence-corrected chi connectivity index (χ2v) is 11.3. The third-order valence-corrected chi connectivity index (χ3v) is 9.81. The molecular weight excluding hydrogens is 428 g/mol. The zero-order chi connectivity index (χ0) is 22.8. The molecular formula is C28H30N2O4. The van der Waals surface area contributed by atoms with Gasteiger partial charge >= 0.3 is 0 Å². The lowest BCUT2D eigenvalue weighted by molar-refractivity contribution is -0.195. The molecule has 5 aliphatic rings. The van der Waals surface area contributed by atoms with E-state index in [2.05, 4.69) is 4.90 Å². The average Bonchev–Trinajstić information content (AvgIpc) is 3.49. The summed E-state index contributed by atoms with van der Waals surface area (Å²) in [6.45, 7) is 2.01. The number of phenols is 1. The quantitative estimate of drug-likeness (QED) is 0.556. The van der Waals surface area contributed by atoms with Crippen molar-refractivity contribution in [2.24, 2.45) is 5.92 Å². The Labute approximate surface area is 198 Å². The Kier molecular flexibility index (Phi) is 3.63. The molecule has 176 valence electrons. The molecule has 0 radical (unpaired) electrons. The van der Waals surface area contributed by atoms with E-state index >= 15 is 0 Å². The number of aromatic nitrogens is 1. The number of aliphatic hydroxyl groups is 1. The number of hydrogen-bond donors (Lipinski definition) is 3. The Morgan fingerprint density at radius 1 is 1.03 bits per heavy atom. The Hall–Kier alpha value is -2.70. The summed E-state index contributed by atoms with van der Waals surface area (Å²) < 4.78 is 8.63. The van der Waals surface area contributed by atoms with Crippen LogP contribution in [0.3, 0.4) is 0 Å². The third-order valence-electron chi connectivity index (χ3n) is 9.81. The number of benzene rings is 2. The van der Waals surface area contributed by atoms with Crippen molar-refractivity contribution in [1.82, 2.24) is 9.47 Å². The fourth-order valence-corrected chi connectivity index (χ4v) is 8.16. The van der Waals surface area contributed by atoms with Crippen LogP contribution < -0.4 is 4.74 Å². The van der Waals surface area contributed by atoms with Crippen LogP contribution in [0.1, 0.15) is 49.3 Å². The summed E-state index contributed by atoms with van der Waals surface area (Å²) >= 11 is 0. The van der Waals surface area contributed by atoms with Crippen molar-refractivity contribution >= 4 is 10.8 Å². The highest BCUT2D eigenvalue weighted by atomic mass is 16.5. The van der Waals surface area contributed by atoms with Gasteiger partial charge in [0.25, 0.3) is 0 Å². The standard InChI is InChI=1S/C28H30N2O4/c31-21-8-7-17-13-22-28(33)10-9-20(30-15-18-3-1-2-4-19(18)26(30)32)25-27(28,23(17)24(21)34-25)11-12-29(22)14-16-5-6-16/h1-4,7-8,15-16,20,22,25,31-33H,5-6,9-14H2/t20-,22-,25+,27+,28-/m1/s1. The van der Waals surface area contributed by atoms with E-state index in [1.807, 2.05) is 41.1 Å². The number of piperidine rings is 1. The molecule has 0 amide bonds. The molecule has 2 saturated carbocycles. The predicted molar refractivity (Wildman–Crippen MR) is 127 cm³/mol. The van der Waals surface area contributed by atoms with E-state index < -0.39 is 11.0 Å². The smallest absolute Gasteiger partial charge is 0.199 e. The SMILES string of the molecule is Oc1ccc2c3c1O[C@H]1[C@H](n4cc5ccccc5c4O)CC[C@@]4(O)[C@@H](C2)N(CC2CC2)CC[C@]314. The number of nitrogens with zero attached hydrogens (tertiary/aromatic N) is 2. The molecule has 3 aromatic rings. The van der Waals surface area contributed by atoms with Gasteiger partial charge in [0.1, 0.15) is 6.10 Å². The maximum absolute atomic E-state index is 12.6. The minimum Gasteiger partial charge on any atom is -0.504 e. The fraction of sp³-hybridized carbons (Fsp3) is 0.500. The molecule has 5 atom stereocenters. The zero-order valence-corrected chi connectivity index (χ0v) is 19.2. The zero-order valence-electron chi connectivity index (χ0n) is 19.2. The maximum Gasteiger partial charge on any atom is 0.199 e. The van der Waals surface area contributed by atoms with Gasteiger partial charge in [0, 0.05) is 35.1 Å². The molecule has 6 nitrogen and oxygen atoms in total. The summed E-state index contributed by atoms with van der Waals surface area (Å²) in [7, 11) is 0. The van der Waals surface area contributed by atoms with Crippen LogP contribution in [0.15, 0.2) is 42.6 Å². The summed E-state index contributed by atoms with van der Waals surface area (Å²) in [5.74, 6) is 1.73. The van der Waals surface area contributed by atoms with Crippen molar-refractivity contribution < 1.29 is 20.1 Å². The summed E-state index contributed by atoms with van der Waals surface area (Å²) in [6, 6.07) is 11.6. The number of rotatable bonds is 3. The Balaban J connectivity index is 1.32. The van der Waals surface area contributed by atoms with Gasteiger partial charge in [-0.1, -0.05) is 24.3 Å². The van der Waals surface area contributed by atoms with Gasteiger partial charge in [-0.15, -0.1) is 0 Å². The van der Waals surface area contributed by atoms with Crippen LogP contribution in [-0.4, -0.2) is 55.6 Å². The third kappa shape index (κ3) is 2.20. The fourth-order valence-electron chi connectivity index (χ4n) is 8.16. The first-order valence-electron chi connectivity index (χ1n) is 12.8. The highest BCUT2D eigenvalue weighted by Crippen LogP contribution is 2.67. The first-order chi connectivity index (χ1) is 16.5. The Bertz CT molecular complexity index is 1350. The van der Waals surface area contributed by atoms with E-state index in [0.717, 1.165) is 54.6 Å². The number of aromatic hydroxyl groups is 2. The number of fused-ring (bicyclic) bond motifs is 1. The van der Waals surface area contributed by atoms with Gasteiger partial charge in [0.05, 0.1) is 17.1 Å². The van der Waals surface area contributed by atoms with E-state index in [4.69, 9.17) is 4.74 Å². The van der Waals surface area contributed by atoms with Gasteiger partial charge < -0.3 is 24.6 Å². The number of likely N-dealkylation sites (tertiary alicyclic amines) is 1. The molecule has 8 rings (SSSR count). The minimum atomic E-state index is -0.907. The van der Waals surface area contributed by atoms with Gasteiger partial charge in [0.15, 0.2) is 17.4 Å². The van der Waals surface area contributed by atoms with Crippen LogP contribution in [-0.2, 0) is 11.8 Å². The van der Waals surface area contributed by atoms with Gasteiger partial charge in [-0.05, 0) is 68.7 Å². The van der Waals surface area contributed by atoms with Crippen LogP contribution in [0.2, 0.25) is 0 Å². The highest BCUT2D eigenvalue weighted by molar-refractivity contribution is 5.87. The number of phenolic OH excluding ortho intramolecular Hbond substituents is 1. The van der Waals surface area contributed by atoms with Crippen molar-refractivity contribution in [1.29, 1.82) is 0 Å². The lowest BCUT2D eigenvalue weighted by Gasteiger charge is -2.64. The minimum absolute atomic E-state index is 0.0641. The van der Waals surface area contributed by atoms with E-state index in [1.165, 1.54) is 18.4 Å². The molecule has 34 heavy (non-hydrogen) atoms. The molecule has 3 heterocycles. The van der Waals surface area contributed by atoms with Crippen LogP contribution in [0.4, 0.5) is 0 Å². The van der Waals surface area contributed by atoms with Crippen LogP contribution in [0.5, 0.6) is 17.4 Å². The molecule has 2 aliphatic heterocycles. The lowest BCUT2D eigenvalue weighted by atomic mass is 9.48. The topological polar surface area (TPSA) is 78.1 Å². The Morgan fingerprint density at radius 3 is 2.71 bits per heavy atom. The molecule has 3 fully saturated rings. The highest BCUT2D eigenvalue weighted by Gasteiger charge is 2.73. The normalized spacial score (nSPS) is 35.9. The van der Waals surface area contributed by atoms with Crippen LogP contribution in [0, 0.1) is 5.92 Å². The van der Waals surface area contributed by atoms with Crippen molar-refractivity contribution in [3.05, 3.63) is 53.7 Å². The average molecular weight is 459 g/mol. The second kappa shape index (κ2) is 6.29. The molecule has 2 bridgehead atoms. The predicted octanol–water partition coefficient (Wildman–Crippen LogP) is 3.86. The van der Waals surface area contributed by atoms with Crippen molar-refractivity contribution in [3.8, 4) is 17.4 Å². The van der Waals surface area contributed by atoms with E-state index in [9.17, 15) is 15.3 Å². The molecule has 3 N–H and O–H groups in total. The van der Waals surface area contributed by atoms with Gasteiger partial charge in [-0.2, -0.15) is 0 Å². The Morgan fingerprint density at radius 2 is 1.88 bits per heavy atom. The van der Waals surface area contributed by atoms with Crippen LogP contribution in [0.25, 0.3) is 10.8 Å². The van der Waals surface area contributed by atoms with Gasteiger partial charge in [-0.25, -0.2) is 0 Å². The van der Waals surface area contributed by atoms with Crippen LogP contribution >= 0.6 is 0 Å². The molecule has 3 aliphatic carbocycles. The molecule has 0 unspecified atom stereocenters. The van der Waals surface area contributed by atoms with Crippen molar-refractivity contribution in [2.75, 3.05) is 13.1 Å². The van der Waals surface area contributed by atoms with Crippen molar-refractivity contribution in [3.63, 3.8) is 0 Å². The molecule has 6 heteroatoms. The van der Waals surface area contributed by atoms with E-state index in [0.29, 0.717) is 12.2 Å². The number of hydrogen-bond acceptors (Lipinski definition) is 5. The lowest BCUT2D eigenvalue weighted by Crippen LogP contribution is -2.76. The largest absolute Gasteiger partial charge is 0.504 e. The molecule has 1 spiro atoms. The summed E-state index contributed by atoms with van der Waals surface area (Å²) in [5.41, 5.74) is 0.747. The van der Waals surface area contributed by atoms with Crippen molar-refractivity contribution in [2.45, 2.75) is 67.7 Å². The van der Waals surface area contributed by atoms with E-state index in [-0.39, 0.29) is 29.8 Å². The van der Waals surface area contributed by atoms with E-state index in [1.54, 1.807) is 6.07 Å². The molecule has 2 aromatic carbocycles. The second-order valence-electron chi connectivity index (χ2n) is 11.3. The molecule has 1 aromatic heterocycles. The first-order valence-corrected chi connectivity index (χ1v) is 12.8. The maximum atomic E-state index is 12.6. The summed E-state index contributed by atoms with van der Waals surface area (Å²) in [5, 5.41) is 36.5. The monoisotopic (exact) mass is 458 g/mol. The first kappa shape index (κ1) is 19.6. The summed E-state index contributed by atoms with van der Waals surface area (Å²) in [6.07, 6.45) is 7.26. The van der Waals surface area contributed by atoms with Gasteiger partial charge in [-0.3, -0.25) is 4.90 Å². The number of ether oxygens (including phenoxy) is 1. The molecule has 1 saturated heterocycles. The summed E-state index contributed by atoms with van der Waals surface area (Å²) in [4.78, 5) is 2.55. The van der Waals surface area contributed by atoms with Gasteiger partial charge in [0.2, 0.25) is 0 Å².